The number of ether oxygens (including phenoxy) is 1. The zero-order valence-corrected chi connectivity index (χ0v) is 24.0. The lowest BCUT2D eigenvalue weighted by molar-refractivity contribution is 0.0690. The molecule has 0 saturated carbocycles. The van der Waals surface area contributed by atoms with Crippen LogP contribution in [0.3, 0.4) is 0 Å². The van der Waals surface area contributed by atoms with E-state index in [4.69, 9.17) is 9.84 Å². The summed E-state index contributed by atoms with van der Waals surface area (Å²) in [5, 5.41) is 21.6. The Labute approximate surface area is 244 Å². The number of carbonyl (C=O) groups is 2. The molecule has 9 heteroatoms. The Morgan fingerprint density at radius 1 is 0.929 bits per heavy atom. The molecule has 0 fully saturated rings. The van der Waals surface area contributed by atoms with Gasteiger partial charge in [-0.3, -0.25) is 5.32 Å². The summed E-state index contributed by atoms with van der Waals surface area (Å²) in [5.74, 6) is 0.161. The number of carboxylic acid groups (broad SMARTS) is 1. The van der Waals surface area contributed by atoms with E-state index in [2.05, 4.69) is 36.4 Å². The lowest BCUT2D eigenvalue weighted by Crippen LogP contribution is -2.21. The minimum Gasteiger partial charge on any atom is -0.493 e. The fourth-order valence-corrected chi connectivity index (χ4v) is 4.52. The molecule has 0 unspecified atom stereocenters. The number of urea groups is 1. The maximum Gasteiger partial charge on any atom is 0.354 e. The number of nitrogens with zero attached hydrogens (tertiary/aromatic N) is 3. The van der Waals surface area contributed by atoms with Gasteiger partial charge >= 0.3 is 12.0 Å². The van der Waals surface area contributed by atoms with E-state index < -0.39 is 12.0 Å². The van der Waals surface area contributed by atoms with Gasteiger partial charge in [0.25, 0.3) is 0 Å². The van der Waals surface area contributed by atoms with Gasteiger partial charge in [0.05, 0.1) is 23.7 Å². The van der Waals surface area contributed by atoms with Crippen molar-refractivity contribution in [1.82, 2.24) is 14.8 Å². The zero-order valence-electron chi connectivity index (χ0n) is 24.0. The first-order valence-corrected chi connectivity index (χ1v) is 13.7. The van der Waals surface area contributed by atoms with Crippen LogP contribution in [-0.2, 0) is 11.8 Å². The van der Waals surface area contributed by atoms with Crippen molar-refractivity contribution in [2.45, 2.75) is 39.5 Å². The quantitative estimate of drug-likeness (QED) is 0.187. The van der Waals surface area contributed by atoms with Crippen LogP contribution >= 0.6 is 0 Å². The predicted molar refractivity (Wildman–Crippen MR) is 164 cm³/mol. The number of carboxylic acids is 1. The summed E-state index contributed by atoms with van der Waals surface area (Å²) >= 11 is 0. The highest BCUT2D eigenvalue weighted by Gasteiger charge is 2.22. The number of hydrogen-bond acceptors (Lipinski definition) is 5. The molecule has 2 amide bonds. The standard InChI is InChI=1S/C33H33N5O4/c1-21-9-11-23(12-10-21)38-30(20-29(37-38)33(2,3)4)36-32(41)35-26-13-14-28(25-8-6-5-7-24(25)26)42-18-16-22-15-17-34-27(19-22)31(39)40/h5-15,17,19-20H,16,18H2,1-4H3,(H,39,40)(H2,35,36,41). The third kappa shape index (κ3) is 6.41. The minimum atomic E-state index is -1.06. The van der Waals surface area contributed by atoms with Crippen LogP contribution in [0.25, 0.3) is 16.5 Å². The summed E-state index contributed by atoms with van der Waals surface area (Å²) in [6.07, 6.45) is 2.00. The van der Waals surface area contributed by atoms with Crippen molar-refractivity contribution in [1.29, 1.82) is 0 Å². The molecule has 3 aromatic carbocycles. The fourth-order valence-electron chi connectivity index (χ4n) is 4.52. The van der Waals surface area contributed by atoms with Crippen LogP contribution in [-0.4, -0.2) is 38.5 Å². The topological polar surface area (TPSA) is 118 Å². The Morgan fingerprint density at radius 3 is 2.38 bits per heavy atom. The molecule has 0 aliphatic heterocycles. The molecule has 42 heavy (non-hydrogen) atoms. The minimum absolute atomic E-state index is 0.00296. The third-order valence-corrected chi connectivity index (χ3v) is 6.82. The summed E-state index contributed by atoms with van der Waals surface area (Å²) in [5.41, 5.74) is 4.10. The molecule has 9 nitrogen and oxygen atoms in total. The molecule has 0 aliphatic rings. The predicted octanol–water partition coefficient (Wildman–Crippen LogP) is 6.99. The highest BCUT2D eigenvalue weighted by atomic mass is 16.5. The van der Waals surface area contributed by atoms with Crippen molar-refractivity contribution >= 4 is 34.3 Å². The van der Waals surface area contributed by atoms with Gasteiger partial charge < -0.3 is 15.2 Å². The largest absolute Gasteiger partial charge is 0.493 e. The Bertz CT molecular complexity index is 1750. The molecule has 0 bridgehead atoms. The van der Waals surface area contributed by atoms with Gasteiger partial charge in [-0.2, -0.15) is 5.10 Å². The average Bonchev–Trinajstić information content (AvgIpc) is 3.39. The molecular formula is C33H33N5O4. The molecule has 2 aromatic heterocycles. The monoisotopic (exact) mass is 563 g/mol. The van der Waals surface area contributed by atoms with Crippen molar-refractivity contribution in [2.24, 2.45) is 0 Å². The molecule has 2 heterocycles. The maximum absolute atomic E-state index is 13.3. The maximum atomic E-state index is 13.3. The molecular weight excluding hydrogens is 530 g/mol. The van der Waals surface area contributed by atoms with E-state index in [1.807, 2.05) is 73.7 Å². The van der Waals surface area contributed by atoms with E-state index in [1.54, 1.807) is 16.8 Å². The molecule has 3 N–H and O–H groups in total. The highest BCUT2D eigenvalue weighted by molar-refractivity contribution is 6.07. The molecule has 0 saturated heterocycles. The van der Waals surface area contributed by atoms with Crippen LogP contribution in [0.1, 0.15) is 48.1 Å². The van der Waals surface area contributed by atoms with E-state index in [9.17, 15) is 14.7 Å². The zero-order chi connectivity index (χ0) is 29.9. The summed E-state index contributed by atoms with van der Waals surface area (Å²) < 4.78 is 7.83. The van der Waals surface area contributed by atoms with Crippen LogP contribution in [0.15, 0.2) is 85.1 Å². The van der Waals surface area contributed by atoms with Gasteiger partial charge in [0.1, 0.15) is 17.3 Å². The number of carbonyl (C=O) groups excluding carboxylic acids is 1. The van der Waals surface area contributed by atoms with E-state index in [0.29, 0.717) is 30.3 Å². The highest BCUT2D eigenvalue weighted by Crippen LogP contribution is 2.32. The summed E-state index contributed by atoms with van der Waals surface area (Å²) in [4.78, 5) is 28.3. The number of anilines is 2. The van der Waals surface area contributed by atoms with E-state index >= 15 is 0 Å². The van der Waals surface area contributed by atoms with E-state index in [1.165, 1.54) is 6.20 Å². The molecule has 214 valence electrons. The van der Waals surface area contributed by atoms with Gasteiger partial charge in [0, 0.05) is 34.9 Å². The number of hydrogen-bond donors (Lipinski definition) is 3. The van der Waals surface area contributed by atoms with Crippen LogP contribution < -0.4 is 15.4 Å². The number of fused-ring (bicyclic) bond motifs is 1. The fraction of sp³-hybridized carbons (Fsp3) is 0.212. The van der Waals surface area contributed by atoms with Gasteiger partial charge in [0.15, 0.2) is 0 Å². The van der Waals surface area contributed by atoms with Crippen LogP contribution in [0.4, 0.5) is 16.3 Å². The number of aromatic nitrogens is 3. The molecule has 0 spiro atoms. The Morgan fingerprint density at radius 2 is 1.67 bits per heavy atom. The second-order valence-electron chi connectivity index (χ2n) is 11.1. The first kappa shape index (κ1) is 28.4. The first-order valence-electron chi connectivity index (χ1n) is 13.7. The van der Waals surface area contributed by atoms with Gasteiger partial charge in [-0.15, -0.1) is 0 Å². The van der Waals surface area contributed by atoms with Gasteiger partial charge in [0.2, 0.25) is 0 Å². The van der Waals surface area contributed by atoms with Crippen LogP contribution in [0.2, 0.25) is 0 Å². The lowest BCUT2D eigenvalue weighted by Gasteiger charge is -2.14. The number of nitrogens with one attached hydrogen (secondary N) is 2. The van der Waals surface area contributed by atoms with Crippen molar-refractivity contribution in [3.8, 4) is 11.4 Å². The van der Waals surface area contributed by atoms with Gasteiger partial charge in [-0.25, -0.2) is 19.3 Å². The molecule has 5 aromatic rings. The first-order chi connectivity index (χ1) is 20.1. The summed E-state index contributed by atoms with van der Waals surface area (Å²) in [6.45, 7) is 8.62. The summed E-state index contributed by atoms with van der Waals surface area (Å²) in [7, 11) is 0. The number of aryl methyl sites for hydroxylation is 1. The normalized spacial score (nSPS) is 11.3. The van der Waals surface area contributed by atoms with Crippen molar-refractivity contribution in [3.63, 3.8) is 0 Å². The number of rotatable bonds is 8. The second-order valence-corrected chi connectivity index (χ2v) is 11.1. The van der Waals surface area contributed by atoms with E-state index in [-0.39, 0.29) is 11.1 Å². The Hall–Kier alpha value is -5.18. The second kappa shape index (κ2) is 11.7. The van der Waals surface area contributed by atoms with Crippen LogP contribution in [0.5, 0.6) is 5.75 Å². The lowest BCUT2D eigenvalue weighted by atomic mass is 9.92. The van der Waals surface area contributed by atoms with Crippen molar-refractivity contribution in [3.05, 3.63) is 108 Å². The number of pyridine rings is 1. The molecule has 0 atom stereocenters. The average molecular weight is 564 g/mol. The summed E-state index contributed by atoms with van der Waals surface area (Å²) in [6, 6.07) is 24.1. The SMILES string of the molecule is Cc1ccc(-n2nc(C(C)(C)C)cc2NC(=O)Nc2ccc(OCCc3ccnc(C(=O)O)c3)c3ccccc23)cc1. The smallest absolute Gasteiger partial charge is 0.354 e. The van der Waals surface area contributed by atoms with Gasteiger partial charge in [-0.1, -0.05) is 62.7 Å². The molecule has 0 aliphatic carbocycles. The molecule has 5 rings (SSSR count). The Balaban J connectivity index is 1.33. The van der Waals surface area contributed by atoms with Crippen molar-refractivity contribution < 1.29 is 19.4 Å². The number of amides is 2. The van der Waals surface area contributed by atoms with Crippen LogP contribution in [0, 0.1) is 6.92 Å². The molecule has 0 radical (unpaired) electrons. The number of aromatic carboxylic acids is 1. The Kier molecular flexibility index (Phi) is 7.93. The van der Waals surface area contributed by atoms with Gasteiger partial charge in [-0.05, 0) is 48.9 Å². The number of benzene rings is 3. The van der Waals surface area contributed by atoms with Crippen molar-refractivity contribution in [2.75, 3.05) is 17.2 Å². The van der Waals surface area contributed by atoms with E-state index in [0.717, 1.165) is 33.3 Å². The third-order valence-electron chi connectivity index (χ3n) is 6.82.